The van der Waals surface area contributed by atoms with Crippen molar-refractivity contribution in [3.05, 3.63) is 41.5 Å². The zero-order valence-electron chi connectivity index (χ0n) is 9.44. The molecule has 0 unspecified atom stereocenters. The third-order valence-corrected chi connectivity index (χ3v) is 2.93. The van der Waals surface area contributed by atoms with Crippen LogP contribution in [0.4, 0.5) is 5.69 Å². The normalized spacial score (nSPS) is 15.2. The summed E-state index contributed by atoms with van der Waals surface area (Å²) in [4.78, 5) is 13.5. The monoisotopic (exact) mass is 216 g/mol. The Kier molecular flexibility index (Phi) is 2.95. The summed E-state index contributed by atoms with van der Waals surface area (Å²) in [7, 11) is 0. The van der Waals surface area contributed by atoms with Crippen molar-refractivity contribution in [3.8, 4) is 0 Å². The van der Waals surface area contributed by atoms with Crippen molar-refractivity contribution >= 4 is 11.6 Å². The van der Waals surface area contributed by atoms with Crippen LogP contribution in [0.25, 0.3) is 0 Å². The average Bonchev–Trinajstić information content (AvgIpc) is 2.29. The van der Waals surface area contributed by atoms with Crippen LogP contribution >= 0.6 is 0 Å². The number of allylic oxidation sites excluding steroid dienone is 1. The van der Waals surface area contributed by atoms with E-state index in [-0.39, 0.29) is 5.91 Å². The summed E-state index contributed by atoms with van der Waals surface area (Å²) < 4.78 is 0. The Bertz CT molecular complexity index is 438. The number of fused-ring (bicyclic) bond motifs is 1. The summed E-state index contributed by atoms with van der Waals surface area (Å²) in [6.07, 6.45) is 4.26. The summed E-state index contributed by atoms with van der Waals surface area (Å²) in [6, 6.07) is 5.95. The van der Waals surface area contributed by atoms with E-state index < -0.39 is 0 Å². The Morgan fingerprint density at radius 2 is 2.31 bits per heavy atom. The molecule has 0 radical (unpaired) electrons. The molecule has 0 spiro atoms. The van der Waals surface area contributed by atoms with Crippen LogP contribution in [-0.2, 0) is 17.8 Å². The van der Waals surface area contributed by atoms with Crippen LogP contribution in [0.15, 0.2) is 30.4 Å². The number of amides is 1. The number of anilines is 1. The molecule has 0 aliphatic carbocycles. The van der Waals surface area contributed by atoms with Crippen molar-refractivity contribution in [3.63, 3.8) is 0 Å². The van der Waals surface area contributed by atoms with Gasteiger partial charge in [0, 0.05) is 18.8 Å². The molecular weight excluding hydrogens is 200 g/mol. The molecule has 1 aliphatic heterocycles. The van der Waals surface area contributed by atoms with Gasteiger partial charge >= 0.3 is 0 Å². The van der Waals surface area contributed by atoms with E-state index in [2.05, 4.69) is 6.07 Å². The molecule has 1 heterocycles. The van der Waals surface area contributed by atoms with Gasteiger partial charge in [-0.15, -0.1) is 0 Å². The number of rotatable bonds is 1. The number of carbonyl (C=O) groups is 1. The first-order valence-electron chi connectivity index (χ1n) is 5.50. The number of hydrogen-bond donors (Lipinski definition) is 1. The molecule has 0 saturated heterocycles. The highest BCUT2D eigenvalue weighted by Crippen LogP contribution is 2.24. The lowest BCUT2D eigenvalue weighted by Gasteiger charge is -2.28. The van der Waals surface area contributed by atoms with Gasteiger partial charge in [0.25, 0.3) is 0 Å². The van der Waals surface area contributed by atoms with E-state index in [1.807, 2.05) is 24.0 Å². The van der Waals surface area contributed by atoms with Gasteiger partial charge < -0.3 is 10.6 Å². The van der Waals surface area contributed by atoms with E-state index >= 15 is 0 Å². The quantitative estimate of drug-likeness (QED) is 0.574. The smallest absolute Gasteiger partial charge is 0.246 e. The minimum Gasteiger partial charge on any atom is -0.398 e. The van der Waals surface area contributed by atoms with Gasteiger partial charge in [-0.25, -0.2) is 0 Å². The van der Waals surface area contributed by atoms with E-state index in [1.54, 1.807) is 12.2 Å². The number of nitrogens with zero attached hydrogens (tertiary/aromatic N) is 1. The largest absolute Gasteiger partial charge is 0.398 e. The van der Waals surface area contributed by atoms with E-state index in [1.165, 1.54) is 5.56 Å². The van der Waals surface area contributed by atoms with E-state index in [0.717, 1.165) is 24.2 Å². The molecule has 3 nitrogen and oxygen atoms in total. The summed E-state index contributed by atoms with van der Waals surface area (Å²) in [5, 5.41) is 0. The van der Waals surface area contributed by atoms with Crippen LogP contribution in [0.3, 0.4) is 0 Å². The molecule has 2 N–H and O–H groups in total. The Hall–Kier alpha value is -1.77. The maximum Gasteiger partial charge on any atom is 0.246 e. The molecule has 1 aromatic carbocycles. The molecule has 0 bridgehead atoms. The predicted octanol–water partition coefficient (Wildman–Crippen LogP) is 1.73. The Morgan fingerprint density at radius 1 is 1.50 bits per heavy atom. The van der Waals surface area contributed by atoms with Crippen molar-refractivity contribution < 1.29 is 4.79 Å². The van der Waals surface area contributed by atoms with E-state index in [9.17, 15) is 4.79 Å². The number of nitrogens with two attached hydrogens (primary N) is 1. The van der Waals surface area contributed by atoms with E-state index in [4.69, 9.17) is 5.73 Å². The second-order valence-corrected chi connectivity index (χ2v) is 3.99. The second kappa shape index (κ2) is 4.39. The fraction of sp³-hybridized carbons (Fsp3) is 0.308. The topological polar surface area (TPSA) is 46.3 Å². The standard InChI is InChI=1S/C13H16N2O/c1-2-4-13(16)15-8-7-10-5-3-6-12(14)11(10)9-15/h2-6H,7-9,14H2,1H3/b4-2+. The van der Waals surface area contributed by atoms with Gasteiger partial charge in [-0.1, -0.05) is 18.2 Å². The summed E-state index contributed by atoms with van der Waals surface area (Å²) in [6.45, 7) is 3.26. The highest BCUT2D eigenvalue weighted by molar-refractivity contribution is 5.87. The molecular formula is C13H16N2O. The zero-order valence-corrected chi connectivity index (χ0v) is 9.44. The molecule has 0 saturated carbocycles. The number of nitrogen functional groups attached to an aromatic ring is 1. The van der Waals surface area contributed by atoms with Gasteiger partial charge in [-0.05, 0) is 36.6 Å². The van der Waals surface area contributed by atoms with Crippen molar-refractivity contribution in [1.82, 2.24) is 4.90 Å². The molecule has 84 valence electrons. The third-order valence-electron chi connectivity index (χ3n) is 2.93. The fourth-order valence-electron chi connectivity index (χ4n) is 2.04. The van der Waals surface area contributed by atoms with Crippen LogP contribution < -0.4 is 5.73 Å². The second-order valence-electron chi connectivity index (χ2n) is 3.99. The zero-order chi connectivity index (χ0) is 11.5. The van der Waals surface area contributed by atoms with Gasteiger partial charge in [-0.2, -0.15) is 0 Å². The summed E-state index contributed by atoms with van der Waals surface area (Å²) in [5.74, 6) is 0.0661. The maximum absolute atomic E-state index is 11.7. The first-order chi connectivity index (χ1) is 7.72. The first-order valence-corrected chi connectivity index (χ1v) is 5.50. The van der Waals surface area contributed by atoms with Gasteiger partial charge in [0.15, 0.2) is 0 Å². The molecule has 0 fully saturated rings. The Balaban J connectivity index is 2.23. The molecule has 3 heteroatoms. The van der Waals surface area contributed by atoms with Gasteiger partial charge in [0.05, 0.1) is 0 Å². The minimum absolute atomic E-state index is 0.0661. The Labute approximate surface area is 95.6 Å². The van der Waals surface area contributed by atoms with Crippen LogP contribution in [0.1, 0.15) is 18.1 Å². The van der Waals surface area contributed by atoms with Crippen molar-refractivity contribution in [2.45, 2.75) is 19.9 Å². The molecule has 0 atom stereocenters. The lowest BCUT2D eigenvalue weighted by atomic mass is 9.98. The van der Waals surface area contributed by atoms with Gasteiger partial charge in [-0.3, -0.25) is 4.79 Å². The third kappa shape index (κ3) is 1.94. The predicted molar refractivity (Wildman–Crippen MR) is 64.8 cm³/mol. The number of hydrogen-bond acceptors (Lipinski definition) is 2. The maximum atomic E-state index is 11.7. The highest BCUT2D eigenvalue weighted by Gasteiger charge is 2.20. The fourth-order valence-corrected chi connectivity index (χ4v) is 2.04. The van der Waals surface area contributed by atoms with Crippen LogP contribution in [0.2, 0.25) is 0 Å². The number of benzene rings is 1. The molecule has 2 rings (SSSR count). The Morgan fingerprint density at radius 3 is 3.06 bits per heavy atom. The van der Waals surface area contributed by atoms with Crippen LogP contribution in [-0.4, -0.2) is 17.4 Å². The van der Waals surface area contributed by atoms with Crippen molar-refractivity contribution in [2.75, 3.05) is 12.3 Å². The van der Waals surface area contributed by atoms with Gasteiger partial charge in [0.2, 0.25) is 5.91 Å². The molecule has 1 aromatic rings. The molecule has 1 amide bonds. The van der Waals surface area contributed by atoms with Crippen molar-refractivity contribution in [1.29, 1.82) is 0 Å². The SMILES string of the molecule is C/C=C/C(=O)N1CCc2cccc(N)c2C1. The molecule has 0 aromatic heterocycles. The molecule has 16 heavy (non-hydrogen) atoms. The summed E-state index contributed by atoms with van der Waals surface area (Å²) >= 11 is 0. The average molecular weight is 216 g/mol. The first kappa shape index (κ1) is 10.7. The minimum atomic E-state index is 0.0661. The van der Waals surface area contributed by atoms with Crippen LogP contribution in [0, 0.1) is 0 Å². The molecule has 1 aliphatic rings. The highest BCUT2D eigenvalue weighted by atomic mass is 16.2. The lowest BCUT2D eigenvalue weighted by Crippen LogP contribution is -2.35. The number of carbonyl (C=O) groups excluding carboxylic acids is 1. The van der Waals surface area contributed by atoms with Gasteiger partial charge in [0.1, 0.15) is 0 Å². The van der Waals surface area contributed by atoms with E-state index in [0.29, 0.717) is 6.54 Å². The summed E-state index contributed by atoms with van der Waals surface area (Å²) in [5.41, 5.74) is 9.08. The van der Waals surface area contributed by atoms with Crippen molar-refractivity contribution in [2.24, 2.45) is 0 Å². The van der Waals surface area contributed by atoms with Crippen LogP contribution in [0.5, 0.6) is 0 Å². The lowest BCUT2D eigenvalue weighted by molar-refractivity contribution is -0.126.